The third-order valence-corrected chi connectivity index (χ3v) is 8.85. The molecule has 0 amide bonds. The van der Waals surface area contributed by atoms with Gasteiger partial charge in [-0.2, -0.15) is 0 Å². The van der Waals surface area contributed by atoms with E-state index >= 15 is 0 Å². The Morgan fingerprint density at radius 2 is 0.775 bits per heavy atom. The van der Waals surface area contributed by atoms with Crippen LogP contribution in [0.4, 0.5) is 0 Å². The molecule has 0 rings (SSSR count). The highest BCUT2D eigenvalue weighted by Gasteiger charge is 2.15. The quantitative estimate of drug-likeness (QED) is 0.0308. The van der Waals surface area contributed by atoms with Crippen molar-refractivity contribution in [1.29, 1.82) is 0 Å². The van der Waals surface area contributed by atoms with E-state index < -0.39 is 0 Å². The van der Waals surface area contributed by atoms with Gasteiger partial charge in [-0.15, -0.1) is 0 Å². The van der Waals surface area contributed by atoms with Gasteiger partial charge in [0.05, 0.1) is 0 Å². The van der Waals surface area contributed by atoms with E-state index in [1.807, 2.05) is 0 Å². The molecule has 0 aliphatic heterocycles. The number of halogens is 1. The Hall–Kier alpha value is -0.330. The maximum Gasteiger partial charge on any atom is 0.306 e. The average Bonchev–Trinajstić information content (AvgIpc) is 2.96. The van der Waals surface area contributed by atoms with Gasteiger partial charge in [0.1, 0.15) is 12.7 Å². The Morgan fingerprint density at radius 1 is 0.475 bits per heavy atom. The number of rotatable bonds is 32. The van der Waals surface area contributed by atoms with Crippen molar-refractivity contribution in [2.45, 2.75) is 200 Å². The van der Waals surface area contributed by atoms with E-state index in [0.717, 1.165) is 25.7 Å². The molecule has 0 aromatic heterocycles. The van der Waals surface area contributed by atoms with E-state index in [9.17, 15) is 9.59 Å². The molecule has 0 aromatic rings. The van der Waals surface area contributed by atoms with Crippen LogP contribution < -0.4 is 0 Å². The number of carbonyl (C=O) groups is 2. The second-order valence-corrected chi connectivity index (χ2v) is 12.8. The van der Waals surface area contributed by atoms with Crippen LogP contribution in [0.5, 0.6) is 0 Å². The SMILES string of the molecule is CCCCCCCCCCCCCCCC(=O)OCC(CI)OC(=O)CCCCCCCCCCCCCCC. The number of carbonyl (C=O) groups excluding carboxylic acids is 2. The Labute approximate surface area is 263 Å². The first kappa shape index (κ1) is 39.7. The maximum atomic E-state index is 12.2. The molecule has 0 saturated heterocycles. The number of hydrogen-bond acceptors (Lipinski definition) is 4. The summed E-state index contributed by atoms with van der Waals surface area (Å²) in [6.07, 6.45) is 34.3. The van der Waals surface area contributed by atoms with Crippen LogP contribution in [0.15, 0.2) is 0 Å². The van der Waals surface area contributed by atoms with E-state index in [1.54, 1.807) is 0 Å². The Bertz CT molecular complexity index is 539. The van der Waals surface area contributed by atoms with Crippen molar-refractivity contribution in [3.8, 4) is 0 Å². The maximum absolute atomic E-state index is 12.2. The van der Waals surface area contributed by atoms with Crippen molar-refractivity contribution in [2.24, 2.45) is 0 Å². The summed E-state index contributed by atoms with van der Waals surface area (Å²) in [5.74, 6) is -0.317. The van der Waals surface area contributed by atoms with Crippen LogP contribution in [0.25, 0.3) is 0 Å². The Morgan fingerprint density at radius 3 is 1.10 bits per heavy atom. The van der Waals surface area contributed by atoms with Crippen molar-refractivity contribution in [3.05, 3.63) is 0 Å². The smallest absolute Gasteiger partial charge is 0.306 e. The van der Waals surface area contributed by atoms with Crippen molar-refractivity contribution >= 4 is 34.5 Å². The van der Waals surface area contributed by atoms with Gasteiger partial charge < -0.3 is 9.47 Å². The molecule has 0 radical (unpaired) electrons. The van der Waals surface area contributed by atoms with Crippen LogP contribution in [0.3, 0.4) is 0 Å². The standard InChI is InChI=1S/C35H67IO4/c1-3-5-7-9-11-13-15-17-19-21-23-25-27-29-34(37)39-32-33(31-36)40-35(38)30-28-26-24-22-20-18-16-14-12-10-8-6-4-2/h33H,3-32H2,1-2H3. The molecule has 0 bridgehead atoms. The molecule has 238 valence electrons. The lowest BCUT2D eigenvalue weighted by atomic mass is 10.0. The van der Waals surface area contributed by atoms with Gasteiger partial charge in [-0.3, -0.25) is 9.59 Å². The first-order valence-corrected chi connectivity index (χ1v) is 19.1. The second-order valence-electron chi connectivity index (χ2n) is 11.9. The van der Waals surface area contributed by atoms with Gasteiger partial charge in [-0.05, 0) is 12.8 Å². The van der Waals surface area contributed by atoms with Crippen molar-refractivity contribution < 1.29 is 19.1 Å². The normalized spacial score (nSPS) is 12.0. The topological polar surface area (TPSA) is 52.6 Å². The number of alkyl halides is 1. The second kappa shape index (κ2) is 33.2. The molecule has 0 aliphatic carbocycles. The summed E-state index contributed by atoms with van der Waals surface area (Å²) < 4.78 is 11.6. The molecule has 0 saturated carbocycles. The molecule has 0 aliphatic rings. The molecule has 0 N–H and O–H groups in total. The van der Waals surface area contributed by atoms with Crippen LogP contribution in [-0.4, -0.2) is 29.1 Å². The summed E-state index contributed by atoms with van der Waals surface area (Å²) in [5.41, 5.74) is 0. The highest BCUT2D eigenvalue weighted by atomic mass is 127. The predicted octanol–water partition coefficient (Wildman–Crippen LogP) is 11.8. The van der Waals surface area contributed by atoms with Crippen LogP contribution in [0.2, 0.25) is 0 Å². The van der Waals surface area contributed by atoms with Crippen LogP contribution in [0.1, 0.15) is 194 Å². The van der Waals surface area contributed by atoms with Crippen LogP contribution in [-0.2, 0) is 19.1 Å². The molecule has 0 spiro atoms. The van der Waals surface area contributed by atoms with Gasteiger partial charge in [0.25, 0.3) is 0 Å². The summed E-state index contributed by atoms with van der Waals surface area (Å²) in [6.45, 7) is 4.72. The summed E-state index contributed by atoms with van der Waals surface area (Å²) in [5, 5.41) is 0. The fourth-order valence-electron chi connectivity index (χ4n) is 5.19. The molecule has 4 nitrogen and oxygen atoms in total. The minimum Gasteiger partial charge on any atom is -0.462 e. The zero-order valence-corrected chi connectivity index (χ0v) is 29.0. The highest BCUT2D eigenvalue weighted by molar-refractivity contribution is 14.1. The van der Waals surface area contributed by atoms with Gasteiger partial charge in [-0.1, -0.05) is 191 Å². The van der Waals surface area contributed by atoms with Crippen LogP contribution in [0, 0.1) is 0 Å². The van der Waals surface area contributed by atoms with E-state index in [-0.39, 0.29) is 24.6 Å². The van der Waals surface area contributed by atoms with Crippen molar-refractivity contribution in [3.63, 3.8) is 0 Å². The fourth-order valence-corrected chi connectivity index (χ4v) is 5.62. The zero-order valence-electron chi connectivity index (χ0n) is 26.8. The first-order chi connectivity index (χ1) is 19.6. The molecule has 0 aromatic carbocycles. The largest absolute Gasteiger partial charge is 0.462 e. The number of esters is 2. The van der Waals surface area contributed by atoms with Gasteiger partial charge in [0.15, 0.2) is 0 Å². The molecular weight excluding hydrogens is 611 g/mol. The van der Waals surface area contributed by atoms with Gasteiger partial charge in [0.2, 0.25) is 0 Å². The van der Waals surface area contributed by atoms with Crippen LogP contribution >= 0.6 is 22.6 Å². The summed E-state index contributed by atoms with van der Waals surface area (Å²) >= 11 is 2.20. The van der Waals surface area contributed by atoms with Gasteiger partial charge in [0, 0.05) is 17.3 Å². The molecule has 0 heterocycles. The first-order valence-electron chi connectivity index (χ1n) is 17.5. The highest BCUT2D eigenvalue weighted by Crippen LogP contribution is 2.15. The third-order valence-electron chi connectivity index (χ3n) is 7.87. The molecule has 5 heteroatoms. The molecule has 40 heavy (non-hydrogen) atoms. The molecule has 1 atom stereocenters. The third kappa shape index (κ3) is 30.6. The van der Waals surface area contributed by atoms with Gasteiger partial charge in [-0.25, -0.2) is 0 Å². The Balaban J connectivity index is 3.53. The average molecular weight is 679 g/mol. The minimum atomic E-state index is -0.328. The Kier molecular flexibility index (Phi) is 32.9. The van der Waals surface area contributed by atoms with Gasteiger partial charge >= 0.3 is 11.9 Å². The lowest BCUT2D eigenvalue weighted by molar-refractivity contribution is -0.157. The van der Waals surface area contributed by atoms with E-state index in [1.165, 1.54) is 141 Å². The summed E-state index contributed by atoms with van der Waals surface area (Å²) in [6, 6.07) is 0. The predicted molar refractivity (Wildman–Crippen MR) is 180 cm³/mol. The minimum absolute atomic E-state index is 0.155. The van der Waals surface area contributed by atoms with Crippen molar-refractivity contribution in [2.75, 3.05) is 11.0 Å². The summed E-state index contributed by atoms with van der Waals surface area (Å²) in [7, 11) is 0. The monoisotopic (exact) mass is 678 g/mol. The zero-order chi connectivity index (χ0) is 29.4. The lowest BCUT2D eigenvalue weighted by Crippen LogP contribution is -2.26. The van der Waals surface area contributed by atoms with E-state index in [4.69, 9.17) is 9.47 Å². The fraction of sp³-hybridized carbons (Fsp3) is 0.943. The molecule has 0 fully saturated rings. The number of ether oxygens (including phenoxy) is 2. The lowest BCUT2D eigenvalue weighted by Gasteiger charge is -2.15. The van der Waals surface area contributed by atoms with E-state index in [2.05, 4.69) is 36.4 Å². The number of unbranched alkanes of at least 4 members (excludes halogenated alkanes) is 24. The van der Waals surface area contributed by atoms with E-state index in [0.29, 0.717) is 17.3 Å². The number of hydrogen-bond donors (Lipinski definition) is 0. The van der Waals surface area contributed by atoms with Crippen molar-refractivity contribution in [1.82, 2.24) is 0 Å². The molecular formula is C35H67IO4. The molecule has 1 unspecified atom stereocenters. The summed E-state index contributed by atoms with van der Waals surface area (Å²) in [4.78, 5) is 24.3.